The van der Waals surface area contributed by atoms with Crippen molar-refractivity contribution < 1.29 is 9.59 Å². The average molecular weight is 522 g/mol. The second-order valence-corrected chi connectivity index (χ2v) is 10.4. The van der Waals surface area contributed by atoms with Crippen LogP contribution in [0.3, 0.4) is 0 Å². The number of nitrogens with one attached hydrogen (secondary N) is 2. The molecular formula is C27H35N7O2S. The molecular weight excluding hydrogens is 486 g/mol. The third-order valence-electron chi connectivity index (χ3n) is 6.54. The van der Waals surface area contributed by atoms with E-state index in [2.05, 4.69) is 33.0 Å². The molecule has 0 saturated heterocycles. The average Bonchev–Trinajstić information content (AvgIpc) is 3.53. The number of carbonyl (C=O) groups is 2. The van der Waals surface area contributed by atoms with Gasteiger partial charge in [-0.15, -0.1) is 10.2 Å². The number of anilines is 1. The van der Waals surface area contributed by atoms with Gasteiger partial charge in [-0.2, -0.15) is 0 Å². The van der Waals surface area contributed by atoms with Gasteiger partial charge in [0.2, 0.25) is 5.91 Å². The van der Waals surface area contributed by atoms with Crippen LogP contribution in [0.15, 0.2) is 42.5 Å². The Labute approximate surface area is 222 Å². The molecule has 2 N–H and O–H groups in total. The molecule has 2 aromatic carbocycles. The third kappa shape index (κ3) is 6.71. The zero-order chi connectivity index (χ0) is 26.4. The van der Waals surface area contributed by atoms with Crippen molar-refractivity contribution in [3.63, 3.8) is 0 Å². The van der Waals surface area contributed by atoms with Gasteiger partial charge in [0.05, 0.1) is 6.54 Å². The van der Waals surface area contributed by atoms with E-state index >= 15 is 0 Å². The molecule has 0 aliphatic carbocycles. The maximum absolute atomic E-state index is 13.3. The molecule has 1 aromatic heterocycles. The van der Waals surface area contributed by atoms with Crippen molar-refractivity contribution in [2.45, 2.75) is 33.9 Å². The van der Waals surface area contributed by atoms with E-state index in [9.17, 15) is 9.59 Å². The molecule has 9 nitrogen and oxygen atoms in total. The lowest BCUT2D eigenvalue weighted by atomic mass is 10.1. The van der Waals surface area contributed by atoms with E-state index in [1.54, 1.807) is 17.0 Å². The summed E-state index contributed by atoms with van der Waals surface area (Å²) in [6.07, 6.45) is 0. The Bertz CT molecular complexity index is 1220. The number of aryl methyl sites for hydroxylation is 2. The number of hydrogen-bond donors (Lipinski definition) is 2. The lowest BCUT2D eigenvalue weighted by Crippen LogP contribution is -2.49. The predicted octanol–water partition coefficient (Wildman–Crippen LogP) is 3.06. The van der Waals surface area contributed by atoms with E-state index in [1.165, 1.54) is 22.5 Å². The van der Waals surface area contributed by atoms with Crippen molar-refractivity contribution in [1.82, 2.24) is 30.4 Å². The summed E-state index contributed by atoms with van der Waals surface area (Å²) in [4.78, 5) is 28.1. The molecule has 2 amide bonds. The monoisotopic (exact) mass is 521 g/mol. The van der Waals surface area contributed by atoms with E-state index in [0.717, 1.165) is 33.4 Å². The van der Waals surface area contributed by atoms with E-state index in [1.807, 2.05) is 56.1 Å². The van der Waals surface area contributed by atoms with Gasteiger partial charge in [-0.25, -0.2) is 5.01 Å². The molecule has 37 heavy (non-hydrogen) atoms. The summed E-state index contributed by atoms with van der Waals surface area (Å²) < 4.78 is 0. The van der Waals surface area contributed by atoms with E-state index in [4.69, 9.17) is 0 Å². The normalized spacial score (nSPS) is 12.9. The Balaban J connectivity index is 1.39. The summed E-state index contributed by atoms with van der Waals surface area (Å²) in [5.74, 6) is -0.233. The highest BCUT2D eigenvalue weighted by Crippen LogP contribution is 2.28. The van der Waals surface area contributed by atoms with E-state index in [-0.39, 0.29) is 24.9 Å². The number of carbonyl (C=O) groups excluding carboxylic acids is 2. The van der Waals surface area contributed by atoms with Crippen molar-refractivity contribution in [3.05, 3.63) is 64.2 Å². The first kappa shape index (κ1) is 26.7. The van der Waals surface area contributed by atoms with Gasteiger partial charge in [0, 0.05) is 44.5 Å². The largest absolute Gasteiger partial charge is 0.376 e. The molecule has 0 unspecified atom stereocenters. The van der Waals surface area contributed by atoms with Crippen LogP contribution in [0, 0.1) is 13.8 Å². The van der Waals surface area contributed by atoms with Gasteiger partial charge < -0.3 is 15.5 Å². The van der Waals surface area contributed by atoms with E-state index in [0.29, 0.717) is 26.2 Å². The predicted molar refractivity (Wildman–Crippen MR) is 147 cm³/mol. The second-order valence-electron chi connectivity index (χ2n) is 9.19. The zero-order valence-corrected chi connectivity index (χ0v) is 22.8. The van der Waals surface area contributed by atoms with Crippen molar-refractivity contribution >= 4 is 28.8 Å². The van der Waals surface area contributed by atoms with Crippen LogP contribution in [0.5, 0.6) is 0 Å². The Morgan fingerprint density at radius 2 is 1.78 bits per heavy atom. The maximum atomic E-state index is 13.3. The minimum absolute atomic E-state index is 0.0261. The third-order valence-corrected chi connectivity index (χ3v) is 7.43. The number of nitrogens with zero attached hydrogens (tertiary/aromatic N) is 5. The first-order valence-corrected chi connectivity index (χ1v) is 13.4. The Hall–Kier alpha value is -3.34. The summed E-state index contributed by atoms with van der Waals surface area (Å²) in [6, 6.07) is 14.2. The molecule has 1 aliphatic heterocycles. The summed E-state index contributed by atoms with van der Waals surface area (Å²) in [5, 5.41) is 20.3. The van der Waals surface area contributed by atoms with Gasteiger partial charge in [0.1, 0.15) is 16.6 Å². The van der Waals surface area contributed by atoms with Crippen molar-refractivity contribution in [1.29, 1.82) is 0 Å². The van der Waals surface area contributed by atoms with Gasteiger partial charge >= 0.3 is 0 Å². The van der Waals surface area contributed by atoms with Crippen molar-refractivity contribution in [2.24, 2.45) is 0 Å². The molecule has 196 valence electrons. The number of likely N-dealkylation sites (N-methyl/N-ethyl adjacent to an activating group) is 2. The molecule has 0 bridgehead atoms. The molecule has 0 fully saturated rings. The number of amides is 2. The molecule has 0 spiro atoms. The fourth-order valence-electron chi connectivity index (χ4n) is 4.27. The molecule has 0 atom stereocenters. The number of hydrogen-bond acceptors (Lipinski definition) is 8. The van der Waals surface area contributed by atoms with Gasteiger partial charge in [-0.1, -0.05) is 54.7 Å². The fraction of sp³-hybridized carbons (Fsp3) is 0.407. The number of fused-ring (bicyclic) bond motifs is 1. The molecule has 3 aromatic rings. The Kier molecular flexibility index (Phi) is 8.86. The highest BCUT2D eigenvalue weighted by atomic mass is 32.1. The van der Waals surface area contributed by atoms with Gasteiger partial charge in [0.15, 0.2) is 0 Å². The van der Waals surface area contributed by atoms with Crippen molar-refractivity contribution in [3.8, 4) is 10.6 Å². The van der Waals surface area contributed by atoms with Crippen LogP contribution in [0.4, 0.5) is 5.69 Å². The fourth-order valence-corrected chi connectivity index (χ4v) is 4.96. The van der Waals surface area contributed by atoms with Crippen LogP contribution < -0.4 is 10.6 Å². The lowest BCUT2D eigenvalue weighted by Gasteiger charge is -2.31. The van der Waals surface area contributed by atoms with Gasteiger partial charge in [0.25, 0.3) is 5.91 Å². The maximum Gasteiger partial charge on any atom is 0.256 e. The Morgan fingerprint density at radius 3 is 2.43 bits per heavy atom. The lowest BCUT2D eigenvalue weighted by molar-refractivity contribution is -0.151. The molecule has 10 heteroatoms. The van der Waals surface area contributed by atoms with Crippen LogP contribution in [0.1, 0.15) is 28.6 Å². The van der Waals surface area contributed by atoms with Crippen LogP contribution in [0.25, 0.3) is 10.6 Å². The SMILES string of the molecule is CCNCCN(CC(=O)N(C)N1Cc2ccccc2C1)C(=O)CNc1cc(-c2nnc(C)s2)ccc1C. The number of aromatic nitrogens is 2. The number of hydrazine groups is 1. The van der Waals surface area contributed by atoms with Crippen LogP contribution in [-0.4, -0.2) is 76.7 Å². The standard InChI is InChI=1S/C27H35N7O2S/c1-5-28-12-13-33(18-26(36)32(4)34-16-22-8-6-7-9-23(22)17-34)25(35)15-29-24-14-21(11-10-19(24)2)27-31-30-20(3)37-27/h6-11,14,28-29H,5,12-13,15-18H2,1-4H3. The topological polar surface area (TPSA) is 93.7 Å². The molecule has 2 heterocycles. The van der Waals surface area contributed by atoms with Gasteiger partial charge in [-0.05, 0) is 43.1 Å². The first-order chi connectivity index (χ1) is 17.9. The molecule has 4 rings (SSSR count). The van der Waals surface area contributed by atoms with Crippen molar-refractivity contribution in [2.75, 3.05) is 45.1 Å². The van der Waals surface area contributed by atoms with Crippen LogP contribution in [-0.2, 0) is 22.7 Å². The summed E-state index contributed by atoms with van der Waals surface area (Å²) in [5.41, 5.74) is 5.31. The summed E-state index contributed by atoms with van der Waals surface area (Å²) in [7, 11) is 1.78. The Morgan fingerprint density at radius 1 is 1.05 bits per heavy atom. The number of rotatable bonds is 11. The minimum atomic E-state index is -0.124. The van der Waals surface area contributed by atoms with E-state index < -0.39 is 0 Å². The smallest absolute Gasteiger partial charge is 0.256 e. The second kappa shape index (κ2) is 12.3. The number of benzene rings is 2. The molecule has 0 saturated carbocycles. The quantitative estimate of drug-likeness (QED) is 0.375. The van der Waals surface area contributed by atoms with Crippen LogP contribution in [0.2, 0.25) is 0 Å². The zero-order valence-electron chi connectivity index (χ0n) is 22.0. The summed E-state index contributed by atoms with van der Waals surface area (Å²) >= 11 is 1.53. The molecule has 0 radical (unpaired) electrons. The highest BCUT2D eigenvalue weighted by molar-refractivity contribution is 7.14. The highest BCUT2D eigenvalue weighted by Gasteiger charge is 2.27. The first-order valence-electron chi connectivity index (χ1n) is 12.6. The molecule has 1 aliphatic rings. The summed E-state index contributed by atoms with van der Waals surface area (Å²) in [6.45, 7) is 9.33. The van der Waals surface area contributed by atoms with Crippen LogP contribution >= 0.6 is 11.3 Å². The van der Waals surface area contributed by atoms with Gasteiger partial charge in [-0.3, -0.25) is 14.6 Å². The minimum Gasteiger partial charge on any atom is -0.376 e.